The van der Waals surface area contributed by atoms with Crippen molar-refractivity contribution in [3.8, 4) is 16.9 Å². The molecule has 1 aromatic carbocycles. The number of amides is 1. The maximum absolute atomic E-state index is 11.4. The Kier molecular flexibility index (Phi) is 4.13. The van der Waals surface area contributed by atoms with Crippen molar-refractivity contribution in [2.45, 2.75) is 19.8 Å². The maximum Gasteiger partial charge on any atom is 0.225 e. The topological polar surface area (TPSA) is 62.2 Å². The number of aromatic hydroxyl groups is 1. The minimum Gasteiger partial charge on any atom is -0.508 e. The fourth-order valence-electron chi connectivity index (χ4n) is 1.76. The summed E-state index contributed by atoms with van der Waals surface area (Å²) >= 11 is 0. The highest BCUT2D eigenvalue weighted by Crippen LogP contribution is 2.23. The van der Waals surface area contributed by atoms with Crippen molar-refractivity contribution in [3.63, 3.8) is 0 Å². The van der Waals surface area contributed by atoms with E-state index in [4.69, 9.17) is 0 Å². The Morgan fingerprint density at radius 1 is 1.26 bits per heavy atom. The van der Waals surface area contributed by atoms with Gasteiger partial charge in [-0.1, -0.05) is 19.1 Å². The van der Waals surface area contributed by atoms with Crippen LogP contribution >= 0.6 is 0 Å². The molecule has 0 aliphatic carbocycles. The Morgan fingerprint density at radius 3 is 2.74 bits per heavy atom. The summed E-state index contributed by atoms with van der Waals surface area (Å²) in [5, 5.41) is 12.2. The van der Waals surface area contributed by atoms with Gasteiger partial charge in [0, 0.05) is 18.2 Å². The lowest BCUT2D eigenvalue weighted by Gasteiger charge is -2.05. The van der Waals surface area contributed by atoms with E-state index in [-0.39, 0.29) is 11.7 Å². The normalized spacial score (nSPS) is 10.2. The summed E-state index contributed by atoms with van der Waals surface area (Å²) in [7, 11) is 0. The maximum atomic E-state index is 11.4. The minimum atomic E-state index is -0.0277. The number of phenolic OH excluding ortho intramolecular Hbond substituents is 1. The van der Waals surface area contributed by atoms with Crippen LogP contribution in [0.2, 0.25) is 0 Å². The highest BCUT2D eigenvalue weighted by atomic mass is 16.3. The molecular weight excluding hydrogens is 240 g/mol. The van der Waals surface area contributed by atoms with Gasteiger partial charge in [0.05, 0.1) is 0 Å². The molecule has 0 radical (unpaired) electrons. The predicted octanol–water partition coefficient (Wildman–Crippen LogP) is 3.19. The van der Waals surface area contributed by atoms with Gasteiger partial charge in [0.15, 0.2) is 0 Å². The van der Waals surface area contributed by atoms with Gasteiger partial charge in [-0.15, -0.1) is 0 Å². The van der Waals surface area contributed by atoms with Crippen LogP contribution in [0.25, 0.3) is 11.1 Å². The number of hydrogen-bond donors (Lipinski definition) is 2. The van der Waals surface area contributed by atoms with E-state index in [0.717, 1.165) is 17.5 Å². The number of benzene rings is 1. The third kappa shape index (κ3) is 3.55. The smallest absolute Gasteiger partial charge is 0.225 e. The number of rotatable bonds is 4. The van der Waals surface area contributed by atoms with Crippen molar-refractivity contribution >= 4 is 11.7 Å². The van der Waals surface area contributed by atoms with Crippen LogP contribution in [-0.4, -0.2) is 16.0 Å². The highest BCUT2D eigenvalue weighted by Gasteiger charge is 2.03. The first-order chi connectivity index (χ1) is 9.19. The molecule has 0 aliphatic heterocycles. The molecule has 1 aromatic heterocycles. The molecule has 2 rings (SSSR count). The summed E-state index contributed by atoms with van der Waals surface area (Å²) in [6.45, 7) is 1.96. The summed E-state index contributed by atoms with van der Waals surface area (Å²) in [5.74, 6) is 0.736. The summed E-state index contributed by atoms with van der Waals surface area (Å²) in [4.78, 5) is 15.6. The molecule has 0 atom stereocenters. The molecule has 1 heterocycles. The van der Waals surface area contributed by atoms with Gasteiger partial charge in [0.25, 0.3) is 0 Å². The molecule has 0 saturated heterocycles. The highest BCUT2D eigenvalue weighted by molar-refractivity contribution is 5.89. The average Bonchev–Trinajstić information content (AvgIpc) is 2.40. The number of anilines is 1. The van der Waals surface area contributed by atoms with Gasteiger partial charge in [0.2, 0.25) is 5.91 Å². The van der Waals surface area contributed by atoms with Crippen LogP contribution in [0.4, 0.5) is 5.82 Å². The second-order valence-corrected chi connectivity index (χ2v) is 4.28. The third-order valence-electron chi connectivity index (χ3n) is 2.69. The zero-order valence-electron chi connectivity index (χ0n) is 10.8. The number of carbonyl (C=O) groups excluding carboxylic acids is 1. The molecule has 0 saturated carbocycles. The van der Waals surface area contributed by atoms with Crippen LogP contribution in [-0.2, 0) is 4.79 Å². The molecule has 2 aromatic rings. The van der Waals surface area contributed by atoms with Gasteiger partial charge in [-0.2, -0.15) is 0 Å². The van der Waals surface area contributed by atoms with Gasteiger partial charge in [-0.25, -0.2) is 4.98 Å². The number of aromatic nitrogens is 1. The molecule has 4 heteroatoms. The van der Waals surface area contributed by atoms with E-state index < -0.39 is 0 Å². The summed E-state index contributed by atoms with van der Waals surface area (Å²) in [5.41, 5.74) is 1.78. The van der Waals surface area contributed by atoms with Crippen molar-refractivity contribution in [1.82, 2.24) is 4.98 Å². The van der Waals surface area contributed by atoms with Crippen LogP contribution in [0.15, 0.2) is 42.6 Å². The van der Waals surface area contributed by atoms with Gasteiger partial charge < -0.3 is 10.4 Å². The zero-order valence-corrected chi connectivity index (χ0v) is 10.8. The van der Waals surface area contributed by atoms with Crippen molar-refractivity contribution < 1.29 is 9.90 Å². The van der Waals surface area contributed by atoms with E-state index in [1.165, 1.54) is 0 Å². The first-order valence-electron chi connectivity index (χ1n) is 6.24. The largest absolute Gasteiger partial charge is 0.508 e. The Labute approximate surface area is 112 Å². The molecule has 19 heavy (non-hydrogen) atoms. The SMILES string of the molecule is CCCC(=O)Nc1ccc(-c2cccc(O)c2)cn1. The number of hydrogen-bond acceptors (Lipinski definition) is 3. The van der Waals surface area contributed by atoms with Gasteiger partial charge in [-0.05, 0) is 36.2 Å². The van der Waals surface area contributed by atoms with Crippen molar-refractivity contribution in [2.24, 2.45) is 0 Å². The lowest BCUT2D eigenvalue weighted by Crippen LogP contribution is -2.11. The molecule has 0 bridgehead atoms. The lowest BCUT2D eigenvalue weighted by molar-refractivity contribution is -0.116. The Balaban J connectivity index is 2.12. The molecule has 1 amide bonds. The number of nitrogens with zero attached hydrogens (tertiary/aromatic N) is 1. The first-order valence-corrected chi connectivity index (χ1v) is 6.24. The summed E-state index contributed by atoms with van der Waals surface area (Å²) in [6.07, 6.45) is 2.99. The molecule has 98 valence electrons. The number of phenols is 1. The van der Waals surface area contributed by atoms with Gasteiger partial charge in [-0.3, -0.25) is 4.79 Å². The van der Waals surface area contributed by atoms with Gasteiger partial charge in [0.1, 0.15) is 11.6 Å². The number of nitrogens with one attached hydrogen (secondary N) is 1. The van der Waals surface area contributed by atoms with E-state index in [2.05, 4.69) is 10.3 Å². The zero-order chi connectivity index (χ0) is 13.7. The second kappa shape index (κ2) is 6.00. The van der Waals surface area contributed by atoms with Crippen molar-refractivity contribution in [3.05, 3.63) is 42.6 Å². The van der Waals surface area contributed by atoms with Crippen LogP contribution in [0.1, 0.15) is 19.8 Å². The number of pyridine rings is 1. The Hall–Kier alpha value is -2.36. The van der Waals surface area contributed by atoms with E-state index in [1.54, 1.807) is 30.5 Å². The summed E-state index contributed by atoms with van der Waals surface area (Å²) < 4.78 is 0. The van der Waals surface area contributed by atoms with E-state index >= 15 is 0 Å². The molecule has 0 unspecified atom stereocenters. The first kappa shape index (κ1) is 13.1. The molecule has 0 fully saturated rings. The summed E-state index contributed by atoms with van der Waals surface area (Å²) in [6, 6.07) is 10.6. The van der Waals surface area contributed by atoms with Gasteiger partial charge >= 0.3 is 0 Å². The Bertz CT molecular complexity index is 565. The van der Waals surface area contributed by atoms with E-state index in [0.29, 0.717) is 12.2 Å². The molecule has 0 aliphatic rings. The van der Waals surface area contributed by atoms with Crippen molar-refractivity contribution in [2.75, 3.05) is 5.32 Å². The van der Waals surface area contributed by atoms with Crippen LogP contribution in [0.3, 0.4) is 0 Å². The number of carbonyl (C=O) groups is 1. The fourth-order valence-corrected chi connectivity index (χ4v) is 1.76. The van der Waals surface area contributed by atoms with Crippen LogP contribution < -0.4 is 5.32 Å². The molecule has 2 N–H and O–H groups in total. The van der Waals surface area contributed by atoms with E-state index in [9.17, 15) is 9.90 Å². The minimum absolute atomic E-state index is 0.0277. The van der Waals surface area contributed by atoms with Crippen LogP contribution in [0.5, 0.6) is 5.75 Å². The second-order valence-electron chi connectivity index (χ2n) is 4.28. The quantitative estimate of drug-likeness (QED) is 0.883. The average molecular weight is 256 g/mol. The molecular formula is C15H16N2O2. The monoisotopic (exact) mass is 256 g/mol. The van der Waals surface area contributed by atoms with Crippen LogP contribution in [0, 0.1) is 0 Å². The predicted molar refractivity (Wildman–Crippen MR) is 74.9 cm³/mol. The standard InChI is InChI=1S/C15H16N2O2/c1-2-4-15(19)17-14-8-7-12(10-16-14)11-5-3-6-13(18)9-11/h3,5-10,18H,2,4H2,1H3,(H,16,17,19). The fraction of sp³-hybridized carbons (Fsp3) is 0.200. The molecule has 0 spiro atoms. The van der Waals surface area contributed by atoms with Crippen molar-refractivity contribution in [1.29, 1.82) is 0 Å². The Morgan fingerprint density at radius 2 is 2.11 bits per heavy atom. The molecule has 4 nitrogen and oxygen atoms in total. The lowest BCUT2D eigenvalue weighted by atomic mass is 10.1. The third-order valence-corrected chi connectivity index (χ3v) is 2.69. The van der Waals surface area contributed by atoms with E-state index in [1.807, 2.05) is 19.1 Å².